The molecule has 1 aromatic carbocycles. The second-order valence-electron chi connectivity index (χ2n) is 2.91. The standard InChI is InChI=1S/C11H10F2O2/c1-8(10(14)15-2)11(12,13)9-6-4-3-5-7-9/h3-7H,1H2,2H3. The van der Waals surface area contributed by atoms with Gasteiger partial charge in [0.2, 0.25) is 0 Å². The van der Waals surface area contributed by atoms with Gasteiger partial charge in [-0.3, -0.25) is 0 Å². The summed E-state index contributed by atoms with van der Waals surface area (Å²) in [6.45, 7) is 3.05. The maximum absolute atomic E-state index is 13.6. The van der Waals surface area contributed by atoms with Crippen LogP contribution in [0, 0.1) is 0 Å². The van der Waals surface area contributed by atoms with Crippen molar-refractivity contribution in [1.29, 1.82) is 0 Å². The third kappa shape index (κ3) is 2.21. The van der Waals surface area contributed by atoms with Gasteiger partial charge in [0.05, 0.1) is 7.11 Å². The van der Waals surface area contributed by atoms with Crippen molar-refractivity contribution < 1.29 is 18.3 Å². The lowest BCUT2D eigenvalue weighted by atomic mass is 10.0. The first-order valence-electron chi connectivity index (χ1n) is 4.21. The molecule has 80 valence electrons. The molecule has 0 atom stereocenters. The molecule has 4 heteroatoms. The number of ether oxygens (including phenoxy) is 1. The molecule has 0 heterocycles. The van der Waals surface area contributed by atoms with Crippen LogP contribution in [0.5, 0.6) is 0 Å². The smallest absolute Gasteiger partial charge is 0.339 e. The van der Waals surface area contributed by atoms with Crippen LogP contribution in [0.15, 0.2) is 42.5 Å². The van der Waals surface area contributed by atoms with Gasteiger partial charge in [0.1, 0.15) is 5.57 Å². The summed E-state index contributed by atoms with van der Waals surface area (Å²) in [6.07, 6.45) is 0. The fraction of sp³-hybridized carbons (Fsp3) is 0.182. The average Bonchev–Trinajstić information content (AvgIpc) is 2.28. The molecule has 0 unspecified atom stereocenters. The predicted octanol–water partition coefficient (Wildman–Crippen LogP) is 2.51. The molecule has 1 rings (SSSR count). The Balaban J connectivity index is 3.03. The summed E-state index contributed by atoms with van der Waals surface area (Å²) in [7, 11) is 1.04. The molecule has 0 saturated carbocycles. The van der Waals surface area contributed by atoms with Crippen molar-refractivity contribution in [2.45, 2.75) is 5.92 Å². The van der Waals surface area contributed by atoms with Crippen LogP contribution in [-0.4, -0.2) is 13.1 Å². The highest BCUT2D eigenvalue weighted by atomic mass is 19.3. The first kappa shape index (κ1) is 11.4. The van der Waals surface area contributed by atoms with E-state index in [-0.39, 0.29) is 5.56 Å². The number of hydrogen-bond donors (Lipinski definition) is 0. The second-order valence-corrected chi connectivity index (χ2v) is 2.91. The zero-order valence-electron chi connectivity index (χ0n) is 8.17. The third-order valence-corrected chi connectivity index (χ3v) is 1.95. The average molecular weight is 212 g/mol. The van der Waals surface area contributed by atoms with Crippen LogP contribution < -0.4 is 0 Å². The Labute approximate surface area is 86.2 Å². The van der Waals surface area contributed by atoms with E-state index < -0.39 is 17.5 Å². The molecule has 0 N–H and O–H groups in total. The second kappa shape index (κ2) is 4.21. The van der Waals surface area contributed by atoms with Crippen LogP contribution in [-0.2, 0) is 15.5 Å². The SMILES string of the molecule is C=C(C(=O)OC)C(F)(F)c1ccccc1. The maximum atomic E-state index is 13.6. The molecule has 15 heavy (non-hydrogen) atoms. The van der Waals surface area contributed by atoms with E-state index in [0.29, 0.717) is 0 Å². The van der Waals surface area contributed by atoms with Crippen LogP contribution in [0.1, 0.15) is 5.56 Å². The highest BCUT2D eigenvalue weighted by molar-refractivity contribution is 5.89. The van der Waals surface area contributed by atoms with Gasteiger partial charge in [-0.15, -0.1) is 0 Å². The monoisotopic (exact) mass is 212 g/mol. The van der Waals surface area contributed by atoms with E-state index in [1.54, 1.807) is 6.07 Å². The molecule has 0 aliphatic heterocycles. The van der Waals surface area contributed by atoms with Gasteiger partial charge in [-0.1, -0.05) is 36.9 Å². The summed E-state index contributed by atoms with van der Waals surface area (Å²) in [5.41, 5.74) is -1.14. The Morgan fingerprint density at radius 3 is 2.33 bits per heavy atom. The maximum Gasteiger partial charge on any atom is 0.339 e. The van der Waals surface area contributed by atoms with Gasteiger partial charge in [-0.2, -0.15) is 8.78 Å². The van der Waals surface area contributed by atoms with Crippen LogP contribution in [0.25, 0.3) is 0 Å². The fourth-order valence-corrected chi connectivity index (χ4v) is 1.07. The summed E-state index contributed by atoms with van der Waals surface area (Å²) in [6, 6.07) is 7.00. The van der Waals surface area contributed by atoms with Gasteiger partial charge in [0, 0.05) is 5.56 Å². The van der Waals surface area contributed by atoms with E-state index in [4.69, 9.17) is 0 Å². The van der Waals surface area contributed by atoms with Crippen LogP contribution in [0.2, 0.25) is 0 Å². The van der Waals surface area contributed by atoms with Gasteiger partial charge in [-0.05, 0) is 0 Å². The van der Waals surface area contributed by atoms with Gasteiger partial charge >= 0.3 is 11.9 Å². The Kier molecular flexibility index (Phi) is 3.19. The first-order chi connectivity index (χ1) is 7.00. The highest BCUT2D eigenvalue weighted by Gasteiger charge is 2.39. The lowest BCUT2D eigenvalue weighted by molar-refractivity contribution is -0.139. The molecule has 0 saturated heterocycles. The normalized spacial score (nSPS) is 10.9. The molecule has 0 amide bonds. The van der Waals surface area contributed by atoms with Crippen molar-refractivity contribution >= 4 is 5.97 Å². The van der Waals surface area contributed by atoms with Crippen molar-refractivity contribution in [2.24, 2.45) is 0 Å². The minimum absolute atomic E-state index is 0.277. The van der Waals surface area contributed by atoms with Gasteiger partial charge in [-0.25, -0.2) is 4.79 Å². The molecule has 0 spiro atoms. The minimum atomic E-state index is -3.39. The van der Waals surface area contributed by atoms with E-state index in [2.05, 4.69) is 11.3 Å². The van der Waals surface area contributed by atoms with Crippen LogP contribution in [0.4, 0.5) is 8.78 Å². The van der Waals surface area contributed by atoms with Crippen molar-refractivity contribution in [1.82, 2.24) is 0 Å². The molecule has 0 radical (unpaired) electrons. The van der Waals surface area contributed by atoms with Crippen molar-refractivity contribution in [3.8, 4) is 0 Å². The van der Waals surface area contributed by atoms with E-state index in [1.807, 2.05) is 0 Å². The number of methoxy groups -OCH3 is 1. The summed E-state index contributed by atoms with van der Waals surface area (Å²) >= 11 is 0. The Hall–Kier alpha value is -1.71. The van der Waals surface area contributed by atoms with E-state index >= 15 is 0 Å². The topological polar surface area (TPSA) is 26.3 Å². The molecule has 0 aromatic heterocycles. The molecule has 0 aliphatic carbocycles. The van der Waals surface area contributed by atoms with E-state index in [0.717, 1.165) is 7.11 Å². The first-order valence-corrected chi connectivity index (χ1v) is 4.21. The molecule has 0 bridgehead atoms. The number of esters is 1. The third-order valence-electron chi connectivity index (χ3n) is 1.95. The Morgan fingerprint density at radius 2 is 1.87 bits per heavy atom. The van der Waals surface area contributed by atoms with E-state index in [9.17, 15) is 13.6 Å². The molecule has 2 nitrogen and oxygen atoms in total. The van der Waals surface area contributed by atoms with Gasteiger partial charge in [0.25, 0.3) is 0 Å². The zero-order valence-corrected chi connectivity index (χ0v) is 8.17. The lowest BCUT2D eigenvalue weighted by Crippen LogP contribution is -2.23. The molecular weight excluding hydrogens is 202 g/mol. The summed E-state index contributed by atoms with van der Waals surface area (Å²) < 4.78 is 31.4. The molecule has 0 aliphatic rings. The van der Waals surface area contributed by atoms with Gasteiger partial charge < -0.3 is 4.74 Å². The quantitative estimate of drug-likeness (QED) is 0.568. The zero-order chi connectivity index (χ0) is 11.5. The van der Waals surface area contributed by atoms with Crippen LogP contribution in [0.3, 0.4) is 0 Å². The van der Waals surface area contributed by atoms with Gasteiger partial charge in [0.15, 0.2) is 0 Å². The number of alkyl halides is 2. The predicted molar refractivity (Wildman–Crippen MR) is 51.5 cm³/mol. The Morgan fingerprint density at radius 1 is 1.33 bits per heavy atom. The number of rotatable bonds is 3. The summed E-state index contributed by atoms with van der Waals surface area (Å²) in [5.74, 6) is -4.50. The lowest BCUT2D eigenvalue weighted by Gasteiger charge is -2.17. The van der Waals surface area contributed by atoms with Crippen molar-refractivity contribution in [2.75, 3.05) is 7.11 Å². The number of carbonyl (C=O) groups is 1. The Bertz CT molecular complexity index is 371. The van der Waals surface area contributed by atoms with Crippen LogP contribution >= 0.6 is 0 Å². The summed E-state index contributed by atoms with van der Waals surface area (Å²) in [4.78, 5) is 10.9. The van der Waals surface area contributed by atoms with E-state index in [1.165, 1.54) is 24.3 Å². The number of benzene rings is 1. The fourth-order valence-electron chi connectivity index (χ4n) is 1.07. The van der Waals surface area contributed by atoms with Crippen molar-refractivity contribution in [3.63, 3.8) is 0 Å². The summed E-state index contributed by atoms with van der Waals surface area (Å²) in [5, 5.41) is 0. The molecule has 0 fully saturated rings. The highest BCUT2D eigenvalue weighted by Crippen LogP contribution is 2.34. The largest absolute Gasteiger partial charge is 0.465 e. The number of halogens is 2. The molecular formula is C11H10F2O2. The number of carbonyl (C=O) groups excluding carboxylic acids is 1. The number of hydrogen-bond acceptors (Lipinski definition) is 2. The molecule has 1 aromatic rings. The minimum Gasteiger partial charge on any atom is -0.465 e. The van der Waals surface area contributed by atoms with Crippen molar-refractivity contribution in [3.05, 3.63) is 48.0 Å².